The van der Waals surface area contributed by atoms with Crippen LogP contribution in [0.4, 0.5) is 4.39 Å². The van der Waals surface area contributed by atoms with Gasteiger partial charge in [-0.2, -0.15) is 0 Å². The van der Waals surface area contributed by atoms with Gasteiger partial charge in [0.05, 0.1) is 5.56 Å². The van der Waals surface area contributed by atoms with E-state index in [4.69, 9.17) is 0 Å². The molecule has 2 atom stereocenters. The number of nitrogens with one attached hydrogen (secondary N) is 1. The summed E-state index contributed by atoms with van der Waals surface area (Å²) in [6.07, 6.45) is 0.984. The molecule has 1 aliphatic heterocycles. The average molecular weight is 331 g/mol. The highest BCUT2D eigenvalue weighted by Gasteiger charge is 2.36. The van der Waals surface area contributed by atoms with Crippen molar-refractivity contribution in [1.82, 2.24) is 14.8 Å². The van der Waals surface area contributed by atoms with Crippen molar-refractivity contribution in [2.45, 2.75) is 19.4 Å². The van der Waals surface area contributed by atoms with E-state index in [1.165, 1.54) is 24.3 Å². The van der Waals surface area contributed by atoms with Crippen molar-refractivity contribution in [1.29, 1.82) is 0 Å². The summed E-state index contributed by atoms with van der Waals surface area (Å²) in [5.41, 5.74) is 0.387. The summed E-state index contributed by atoms with van der Waals surface area (Å²) in [5.74, 6) is -0.240. The van der Waals surface area contributed by atoms with Crippen molar-refractivity contribution in [3.8, 4) is 0 Å². The first kappa shape index (κ1) is 16.6. The van der Waals surface area contributed by atoms with Gasteiger partial charge in [0.25, 0.3) is 5.91 Å². The fraction of sp³-hybridized carbons (Fsp3) is 0.444. The SMILES string of the molecule is CC[C@@H]1CN(C(=O)c2cc(=O)[nH]c3ccc(F)cc23)C[C@H]1N(C)C. The van der Waals surface area contributed by atoms with Crippen LogP contribution in [0.15, 0.2) is 29.1 Å². The van der Waals surface area contributed by atoms with Crippen LogP contribution in [0, 0.1) is 11.7 Å². The lowest BCUT2D eigenvalue weighted by Gasteiger charge is -2.23. The number of likely N-dealkylation sites (tertiary alicyclic amines) is 1. The van der Waals surface area contributed by atoms with Crippen molar-refractivity contribution in [2.24, 2.45) is 5.92 Å². The zero-order chi connectivity index (χ0) is 17.4. The topological polar surface area (TPSA) is 56.4 Å². The normalized spacial score (nSPS) is 21.0. The zero-order valence-corrected chi connectivity index (χ0v) is 14.2. The van der Waals surface area contributed by atoms with Gasteiger partial charge in [-0.1, -0.05) is 13.3 Å². The number of nitrogens with zero attached hydrogens (tertiary/aromatic N) is 2. The van der Waals surface area contributed by atoms with Gasteiger partial charge in [0.15, 0.2) is 0 Å². The largest absolute Gasteiger partial charge is 0.337 e. The van der Waals surface area contributed by atoms with Crippen molar-refractivity contribution < 1.29 is 9.18 Å². The lowest BCUT2D eigenvalue weighted by atomic mass is 10.0. The van der Waals surface area contributed by atoms with E-state index < -0.39 is 5.82 Å². The van der Waals surface area contributed by atoms with Gasteiger partial charge >= 0.3 is 0 Å². The Bertz CT molecular complexity index is 831. The van der Waals surface area contributed by atoms with E-state index in [1.54, 1.807) is 4.90 Å². The Morgan fingerprint density at radius 3 is 2.71 bits per heavy atom. The first-order valence-corrected chi connectivity index (χ1v) is 8.19. The summed E-state index contributed by atoms with van der Waals surface area (Å²) in [7, 11) is 4.03. The molecular formula is C18H22FN3O2. The third-order valence-electron chi connectivity index (χ3n) is 4.92. The number of rotatable bonds is 3. The summed E-state index contributed by atoms with van der Waals surface area (Å²) in [5, 5.41) is 0.445. The number of pyridine rings is 1. The Kier molecular flexibility index (Phi) is 4.41. The third kappa shape index (κ3) is 2.94. The van der Waals surface area contributed by atoms with Crippen LogP contribution in [0.1, 0.15) is 23.7 Å². The van der Waals surface area contributed by atoms with Gasteiger partial charge in [-0.15, -0.1) is 0 Å². The minimum atomic E-state index is -0.428. The van der Waals surface area contributed by atoms with Gasteiger partial charge in [0, 0.05) is 36.1 Å². The first-order chi connectivity index (χ1) is 11.4. The lowest BCUT2D eigenvalue weighted by Crippen LogP contribution is -2.36. The van der Waals surface area contributed by atoms with E-state index in [9.17, 15) is 14.0 Å². The van der Waals surface area contributed by atoms with E-state index in [0.717, 1.165) is 6.42 Å². The van der Waals surface area contributed by atoms with Crippen LogP contribution >= 0.6 is 0 Å². The predicted molar refractivity (Wildman–Crippen MR) is 91.7 cm³/mol. The molecule has 1 aliphatic rings. The monoisotopic (exact) mass is 331 g/mol. The summed E-state index contributed by atoms with van der Waals surface area (Å²) in [6.45, 7) is 3.39. The van der Waals surface area contributed by atoms with Crippen LogP contribution < -0.4 is 5.56 Å². The molecule has 0 unspecified atom stereocenters. The Morgan fingerprint density at radius 1 is 1.33 bits per heavy atom. The number of amides is 1. The number of H-pyrrole nitrogens is 1. The molecule has 0 radical (unpaired) electrons. The van der Waals surface area contributed by atoms with E-state index in [0.29, 0.717) is 36.0 Å². The second kappa shape index (κ2) is 6.36. The molecule has 1 fully saturated rings. The molecule has 24 heavy (non-hydrogen) atoms. The summed E-state index contributed by atoms with van der Waals surface area (Å²) in [6, 6.07) is 5.63. The van der Waals surface area contributed by atoms with Gasteiger partial charge < -0.3 is 14.8 Å². The summed E-state index contributed by atoms with van der Waals surface area (Å²) < 4.78 is 13.6. The highest BCUT2D eigenvalue weighted by molar-refractivity contribution is 6.06. The molecule has 2 heterocycles. The lowest BCUT2D eigenvalue weighted by molar-refractivity contribution is 0.0782. The Labute approximate surface area is 140 Å². The van der Waals surface area contributed by atoms with E-state index >= 15 is 0 Å². The molecule has 1 N–H and O–H groups in total. The molecule has 1 aromatic heterocycles. The van der Waals surface area contributed by atoms with Crippen LogP contribution in [0.3, 0.4) is 0 Å². The van der Waals surface area contributed by atoms with Crippen LogP contribution in [0.5, 0.6) is 0 Å². The molecule has 1 saturated heterocycles. The number of aromatic nitrogens is 1. The van der Waals surface area contributed by atoms with E-state index in [2.05, 4.69) is 16.8 Å². The number of aromatic amines is 1. The standard InChI is InChI=1S/C18H22FN3O2/c1-4-11-9-22(10-16(11)21(2)3)18(24)14-8-17(23)20-15-6-5-12(19)7-13(14)15/h5-8,11,16H,4,9-10H2,1-3H3,(H,20,23)/t11-,16-/m1/s1. The zero-order valence-electron chi connectivity index (χ0n) is 14.2. The van der Waals surface area contributed by atoms with Crippen LogP contribution in [-0.4, -0.2) is 53.9 Å². The fourth-order valence-corrected chi connectivity index (χ4v) is 3.58. The minimum absolute atomic E-state index is 0.209. The molecule has 3 rings (SSSR count). The molecule has 0 spiro atoms. The maximum Gasteiger partial charge on any atom is 0.254 e. The Balaban J connectivity index is 2.00. The van der Waals surface area contributed by atoms with Crippen molar-refractivity contribution in [3.63, 3.8) is 0 Å². The van der Waals surface area contributed by atoms with Crippen molar-refractivity contribution in [3.05, 3.63) is 46.0 Å². The molecule has 6 heteroatoms. The molecule has 1 aromatic carbocycles. The second-order valence-electron chi connectivity index (χ2n) is 6.65. The Hall–Kier alpha value is -2.21. The number of fused-ring (bicyclic) bond motifs is 1. The number of halogens is 1. The molecule has 0 bridgehead atoms. The van der Waals surface area contributed by atoms with Crippen LogP contribution in [0.2, 0.25) is 0 Å². The van der Waals surface area contributed by atoms with Crippen molar-refractivity contribution >= 4 is 16.8 Å². The molecule has 0 aliphatic carbocycles. The summed E-state index contributed by atoms with van der Waals surface area (Å²) >= 11 is 0. The van der Waals surface area contributed by atoms with Crippen LogP contribution in [-0.2, 0) is 0 Å². The summed E-state index contributed by atoms with van der Waals surface area (Å²) in [4.78, 5) is 31.4. The van der Waals surface area contributed by atoms with Gasteiger partial charge in [-0.3, -0.25) is 9.59 Å². The maximum atomic E-state index is 13.6. The number of hydrogen-bond acceptors (Lipinski definition) is 3. The number of carbonyl (C=O) groups is 1. The molecule has 1 amide bonds. The molecule has 5 nitrogen and oxygen atoms in total. The second-order valence-corrected chi connectivity index (χ2v) is 6.65. The Morgan fingerprint density at radius 2 is 2.08 bits per heavy atom. The molecule has 2 aromatic rings. The number of hydrogen-bond donors (Lipinski definition) is 1. The van der Waals surface area contributed by atoms with E-state index in [-0.39, 0.29) is 17.0 Å². The highest BCUT2D eigenvalue weighted by Crippen LogP contribution is 2.26. The van der Waals surface area contributed by atoms with Gasteiger partial charge in [0.2, 0.25) is 5.56 Å². The van der Waals surface area contributed by atoms with Gasteiger partial charge in [0.1, 0.15) is 5.82 Å². The molecular weight excluding hydrogens is 309 g/mol. The number of benzene rings is 1. The molecule has 128 valence electrons. The highest BCUT2D eigenvalue weighted by atomic mass is 19.1. The van der Waals surface area contributed by atoms with E-state index in [1.807, 2.05) is 14.1 Å². The van der Waals surface area contributed by atoms with Gasteiger partial charge in [-0.05, 0) is 38.2 Å². The minimum Gasteiger partial charge on any atom is -0.337 e. The maximum absolute atomic E-state index is 13.6. The third-order valence-corrected chi connectivity index (χ3v) is 4.92. The fourth-order valence-electron chi connectivity index (χ4n) is 3.58. The van der Waals surface area contributed by atoms with Crippen LogP contribution in [0.25, 0.3) is 10.9 Å². The first-order valence-electron chi connectivity index (χ1n) is 8.19. The quantitative estimate of drug-likeness (QED) is 0.937. The average Bonchev–Trinajstić information content (AvgIpc) is 2.98. The smallest absolute Gasteiger partial charge is 0.254 e. The molecule has 0 saturated carbocycles. The number of carbonyl (C=O) groups excluding carboxylic acids is 1. The van der Waals surface area contributed by atoms with Gasteiger partial charge in [-0.25, -0.2) is 4.39 Å². The predicted octanol–water partition coefficient (Wildman–Crippen LogP) is 2.08. The van der Waals surface area contributed by atoms with Crippen molar-refractivity contribution in [2.75, 3.05) is 27.2 Å². The number of likely N-dealkylation sites (N-methyl/N-ethyl adjacent to an activating group) is 1.